The van der Waals surface area contributed by atoms with E-state index in [-0.39, 0.29) is 11.9 Å². The summed E-state index contributed by atoms with van der Waals surface area (Å²) in [4.78, 5) is 14.2. The molecule has 0 saturated heterocycles. The number of rotatable bonds is 4. The number of aliphatic hydroxyl groups excluding tert-OH is 1. The Hall–Kier alpha value is -1.63. The highest BCUT2D eigenvalue weighted by Gasteiger charge is 2.29. The Morgan fingerprint density at radius 1 is 1.65 bits per heavy atom. The van der Waals surface area contributed by atoms with Gasteiger partial charge in [0.05, 0.1) is 6.10 Å². The molecule has 0 spiro atoms. The number of anilines is 1. The van der Waals surface area contributed by atoms with E-state index in [1.54, 1.807) is 18.5 Å². The van der Waals surface area contributed by atoms with E-state index in [2.05, 4.69) is 10.3 Å². The van der Waals surface area contributed by atoms with Crippen LogP contribution in [0.2, 0.25) is 0 Å². The lowest BCUT2D eigenvalue weighted by atomic mass is 9.82. The lowest BCUT2D eigenvalue weighted by Gasteiger charge is -2.31. The molecule has 17 heavy (non-hydrogen) atoms. The zero-order chi connectivity index (χ0) is 12.6. The standard InChI is InChI=1S/C10H16N4O3/c1-6-12-10(14(16)17)9(13(6)2)11-5-7-3-8(15)4-7/h7-8,11,15H,3-5H2,1-2H3. The van der Waals surface area contributed by atoms with Crippen LogP contribution in [0, 0.1) is 23.0 Å². The van der Waals surface area contributed by atoms with Gasteiger partial charge in [-0.05, 0) is 28.7 Å². The molecule has 7 nitrogen and oxygen atoms in total. The van der Waals surface area contributed by atoms with Crippen LogP contribution in [0.1, 0.15) is 18.7 Å². The Labute approximate surface area is 98.6 Å². The SMILES string of the molecule is Cc1nc([N+](=O)[O-])c(NCC2CC(O)C2)n1C. The molecule has 0 aliphatic heterocycles. The van der Waals surface area contributed by atoms with Gasteiger partial charge in [0.1, 0.15) is 0 Å². The van der Waals surface area contributed by atoms with Crippen molar-refractivity contribution >= 4 is 11.6 Å². The summed E-state index contributed by atoms with van der Waals surface area (Å²) in [7, 11) is 1.74. The molecule has 1 fully saturated rings. The Balaban J connectivity index is 2.06. The summed E-state index contributed by atoms with van der Waals surface area (Å²) >= 11 is 0. The van der Waals surface area contributed by atoms with Crippen LogP contribution >= 0.6 is 0 Å². The number of hydrogen-bond acceptors (Lipinski definition) is 5. The lowest BCUT2D eigenvalue weighted by Crippen LogP contribution is -2.33. The average Bonchev–Trinajstić information content (AvgIpc) is 2.50. The third kappa shape index (κ3) is 2.23. The third-order valence-corrected chi connectivity index (χ3v) is 3.24. The molecule has 0 aromatic carbocycles. The van der Waals surface area contributed by atoms with E-state index >= 15 is 0 Å². The third-order valence-electron chi connectivity index (χ3n) is 3.24. The molecule has 1 aromatic heterocycles. The van der Waals surface area contributed by atoms with Gasteiger partial charge in [-0.2, -0.15) is 0 Å². The normalized spacial score (nSPS) is 23.2. The van der Waals surface area contributed by atoms with Crippen molar-refractivity contribution in [2.24, 2.45) is 13.0 Å². The minimum Gasteiger partial charge on any atom is -0.393 e. The number of hydrogen-bond donors (Lipinski definition) is 2. The Bertz CT molecular complexity index is 437. The molecule has 0 bridgehead atoms. The highest BCUT2D eigenvalue weighted by Crippen LogP contribution is 2.29. The molecule has 1 aromatic rings. The van der Waals surface area contributed by atoms with Crippen molar-refractivity contribution < 1.29 is 10.0 Å². The number of nitrogens with zero attached hydrogens (tertiary/aromatic N) is 3. The van der Waals surface area contributed by atoms with Crippen LogP contribution < -0.4 is 5.32 Å². The van der Waals surface area contributed by atoms with Gasteiger partial charge in [-0.25, -0.2) is 0 Å². The predicted molar refractivity (Wildman–Crippen MR) is 61.8 cm³/mol. The maximum absolute atomic E-state index is 10.8. The van der Waals surface area contributed by atoms with Crippen molar-refractivity contribution in [2.45, 2.75) is 25.9 Å². The van der Waals surface area contributed by atoms with Gasteiger partial charge in [-0.1, -0.05) is 0 Å². The first kappa shape index (κ1) is 11.8. The molecule has 0 amide bonds. The van der Waals surface area contributed by atoms with Crippen LogP contribution in [-0.4, -0.2) is 32.2 Å². The number of aryl methyl sites for hydroxylation is 1. The molecule has 2 rings (SSSR count). The molecule has 7 heteroatoms. The molecule has 0 unspecified atom stereocenters. The van der Waals surface area contributed by atoms with Gasteiger partial charge in [-0.15, -0.1) is 0 Å². The molecule has 1 heterocycles. The van der Waals surface area contributed by atoms with Crippen molar-refractivity contribution in [2.75, 3.05) is 11.9 Å². The fourth-order valence-corrected chi connectivity index (χ4v) is 2.03. The topological polar surface area (TPSA) is 93.2 Å². The average molecular weight is 240 g/mol. The van der Waals surface area contributed by atoms with Crippen molar-refractivity contribution in [3.8, 4) is 0 Å². The number of imidazole rings is 1. The smallest absolute Gasteiger partial charge is 0.393 e. The van der Waals surface area contributed by atoms with Gasteiger partial charge >= 0.3 is 5.82 Å². The van der Waals surface area contributed by atoms with Gasteiger partial charge < -0.3 is 20.5 Å². The second-order valence-corrected chi connectivity index (χ2v) is 4.52. The quantitative estimate of drug-likeness (QED) is 0.600. The summed E-state index contributed by atoms with van der Waals surface area (Å²) in [6.45, 7) is 2.36. The number of aromatic nitrogens is 2. The number of nitrogens with one attached hydrogen (secondary N) is 1. The van der Waals surface area contributed by atoms with Gasteiger partial charge in [0, 0.05) is 20.5 Å². The monoisotopic (exact) mass is 240 g/mol. The van der Waals surface area contributed by atoms with E-state index < -0.39 is 4.92 Å². The van der Waals surface area contributed by atoms with Gasteiger partial charge in [0.25, 0.3) is 0 Å². The second-order valence-electron chi connectivity index (χ2n) is 4.52. The van der Waals surface area contributed by atoms with Crippen molar-refractivity contribution in [1.29, 1.82) is 0 Å². The fourth-order valence-electron chi connectivity index (χ4n) is 2.03. The van der Waals surface area contributed by atoms with E-state index in [1.807, 2.05) is 0 Å². The highest BCUT2D eigenvalue weighted by atomic mass is 16.6. The van der Waals surface area contributed by atoms with Crippen LogP contribution in [0.25, 0.3) is 0 Å². The van der Waals surface area contributed by atoms with Gasteiger partial charge in [0.15, 0.2) is 0 Å². The molecule has 1 aliphatic rings. The first-order chi connectivity index (χ1) is 7.99. The summed E-state index contributed by atoms with van der Waals surface area (Å²) in [5.41, 5.74) is 0. The molecule has 0 atom stereocenters. The minimum absolute atomic E-state index is 0.134. The molecule has 0 radical (unpaired) electrons. The first-order valence-electron chi connectivity index (χ1n) is 5.58. The van der Waals surface area contributed by atoms with Crippen LogP contribution in [-0.2, 0) is 7.05 Å². The summed E-state index contributed by atoms with van der Waals surface area (Å²) in [5, 5.41) is 23.0. The van der Waals surface area contributed by atoms with Crippen LogP contribution in [0.4, 0.5) is 11.6 Å². The second kappa shape index (κ2) is 4.33. The van der Waals surface area contributed by atoms with E-state index in [1.165, 1.54) is 0 Å². The maximum Gasteiger partial charge on any atom is 0.406 e. The van der Waals surface area contributed by atoms with Crippen molar-refractivity contribution in [1.82, 2.24) is 9.55 Å². The van der Waals surface area contributed by atoms with Gasteiger partial charge in [-0.3, -0.25) is 4.57 Å². The van der Waals surface area contributed by atoms with Crippen molar-refractivity contribution in [3.63, 3.8) is 0 Å². The lowest BCUT2D eigenvalue weighted by molar-refractivity contribution is -0.388. The molecular weight excluding hydrogens is 224 g/mol. The Morgan fingerprint density at radius 2 is 2.29 bits per heavy atom. The summed E-state index contributed by atoms with van der Waals surface area (Å²) in [5.74, 6) is 1.30. The zero-order valence-corrected chi connectivity index (χ0v) is 9.88. The van der Waals surface area contributed by atoms with Gasteiger partial charge in [0.2, 0.25) is 11.6 Å². The van der Waals surface area contributed by atoms with Crippen LogP contribution in [0.3, 0.4) is 0 Å². The summed E-state index contributed by atoms with van der Waals surface area (Å²) in [6.07, 6.45) is 1.32. The fraction of sp³-hybridized carbons (Fsp3) is 0.700. The zero-order valence-electron chi connectivity index (χ0n) is 9.88. The van der Waals surface area contributed by atoms with E-state index in [9.17, 15) is 10.1 Å². The molecular formula is C10H16N4O3. The predicted octanol–water partition coefficient (Wildman–Crippen LogP) is 0.820. The number of aliphatic hydroxyl groups is 1. The minimum atomic E-state index is -0.481. The molecule has 94 valence electrons. The van der Waals surface area contributed by atoms with E-state index in [0.29, 0.717) is 24.1 Å². The highest BCUT2D eigenvalue weighted by molar-refractivity contribution is 5.53. The van der Waals surface area contributed by atoms with E-state index in [4.69, 9.17) is 5.11 Å². The summed E-state index contributed by atoms with van der Waals surface area (Å²) in [6, 6.07) is 0. The molecule has 1 aliphatic carbocycles. The number of nitro groups is 1. The van der Waals surface area contributed by atoms with Crippen LogP contribution in [0.5, 0.6) is 0 Å². The molecule has 2 N–H and O–H groups in total. The Morgan fingerprint density at radius 3 is 2.82 bits per heavy atom. The summed E-state index contributed by atoms with van der Waals surface area (Å²) < 4.78 is 1.67. The van der Waals surface area contributed by atoms with Crippen LogP contribution in [0.15, 0.2) is 0 Å². The van der Waals surface area contributed by atoms with Crippen molar-refractivity contribution in [3.05, 3.63) is 15.9 Å². The molecule has 1 saturated carbocycles. The maximum atomic E-state index is 10.8. The van der Waals surface area contributed by atoms with E-state index in [0.717, 1.165) is 12.8 Å². The largest absolute Gasteiger partial charge is 0.406 e. The first-order valence-corrected chi connectivity index (χ1v) is 5.58. The Kier molecular flexibility index (Phi) is 3.01.